The Balaban J connectivity index is 1.81. The molecule has 1 atom stereocenters. The average molecular weight is 362 g/mol. The molecule has 1 aromatic carbocycles. The summed E-state index contributed by atoms with van der Waals surface area (Å²) in [6, 6.07) is 8.23. The molecule has 0 bridgehead atoms. The van der Waals surface area contributed by atoms with Gasteiger partial charge in [-0.15, -0.1) is 0 Å². The summed E-state index contributed by atoms with van der Waals surface area (Å²) in [6.07, 6.45) is 4.79. The third kappa shape index (κ3) is 5.82. The Hall–Kier alpha value is -1.91. The number of nitrogens with one attached hydrogen (secondary N) is 1. The normalized spacial score (nSPS) is 15.7. The van der Waals surface area contributed by atoms with E-state index in [1.807, 2.05) is 30.0 Å². The van der Waals surface area contributed by atoms with Gasteiger partial charge in [-0.2, -0.15) is 0 Å². The lowest BCUT2D eigenvalue weighted by Gasteiger charge is -2.36. The first-order valence-electron chi connectivity index (χ1n) is 10.2. The summed E-state index contributed by atoms with van der Waals surface area (Å²) in [5.74, 6) is 1.52. The second-order valence-electron chi connectivity index (χ2n) is 6.98. The van der Waals surface area contributed by atoms with Crippen LogP contribution in [0, 0.1) is 5.92 Å². The molecule has 1 fully saturated rings. The van der Waals surface area contributed by atoms with Gasteiger partial charge in [0.25, 0.3) is 0 Å². The van der Waals surface area contributed by atoms with Crippen LogP contribution in [0.2, 0.25) is 0 Å². The number of hydrogen-bond acceptors (Lipinski definition) is 3. The van der Waals surface area contributed by atoms with Crippen molar-refractivity contribution in [1.29, 1.82) is 0 Å². The fourth-order valence-electron chi connectivity index (χ4n) is 3.43. The van der Waals surface area contributed by atoms with Gasteiger partial charge >= 0.3 is 6.03 Å². The topological polar surface area (TPSA) is 44.8 Å². The highest BCUT2D eigenvalue weighted by Gasteiger charge is 2.23. The summed E-state index contributed by atoms with van der Waals surface area (Å²) in [5.41, 5.74) is 1.13. The van der Waals surface area contributed by atoms with E-state index in [1.54, 1.807) is 0 Å². The molecule has 1 N–H and O–H groups in total. The number of anilines is 1. The molecule has 2 amide bonds. The van der Waals surface area contributed by atoms with Crippen LogP contribution in [0.15, 0.2) is 24.3 Å². The summed E-state index contributed by atoms with van der Waals surface area (Å²) >= 11 is 0. The molecule has 0 saturated carbocycles. The van der Waals surface area contributed by atoms with Crippen LogP contribution in [-0.4, -0.2) is 50.3 Å². The van der Waals surface area contributed by atoms with Crippen molar-refractivity contribution >= 4 is 11.7 Å². The Bertz CT molecular complexity index is 542. The molecule has 1 aliphatic rings. The summed E-state index contributed by atoms with van der Waals surface area (Å²) in [7, 11) is 0. The lowest BCUT2D eigenvalue weighted by molar-refractivity contribution is 0.191. The maximum absolute atomic E-state index is 12.5. The number of unbranched alkanes of at least 4 members (excludes halogenated alkanes) is 1. The number of rotatable bonds is 9. The minimum Gasteiger partial charge on any atom is -0.492 e. The largest absolute Gasteiger partial charge is 0.492 e. The van der Waals surface area contributed by atoms with Crippen molar-refractivity contribution < 1.29 is 9.53 Å². The number of carbonyl (C=O) groups is 1. The van der Waals surface area contributed by atoms with E-state index in [9.17, 15) is 4.79 Å². The van der Waals surface area contributed by atoms with Gasteiger partial charge < -0.3 is 19.9 Å². The molecule has 1 aliphatic heterocycles. The van der Waals surface area contributed by atoms with E-state index in [-0.39, 0.29) is 6.03 Å². The van der Waals surface area contributed by atoms with Crippen LogP contribution in [-0.2, 0) is 0 Å². The molecule has 1 heterocycles. The van der Waals surface area contributed by atoms with Crippen molar-refractivity contribution in [2.24, 2.45) is 5.92 Å². The van der Waals surface area contributed by atoms with Gasteiger partial charge in [0.2, 0.25) is 0 Å². The number of ether oxygens (including phenoxy) is 1. The highest BCUT2D eigenvalue weighted by Crippen LogP contribution is 2.28. The van der Waals surface area contributed by atoms with Crippen LogP contribution >= 0.6 is 0 Å². The van der Waals surface area contributed by atoms with E-state index in [0.717, 1.165) is 50.6 Å². The predicted octanol–water partition coefficient (Wildman–Crippen LogP) is 4.13. The van der Waals surface area contributed by atoms with Gasteiger partial charge in [0, 0.05) is 32.7 Å². The van der Waals surface area contributed by atoms with E-state index in [2.05, 4.69) is 30.1 Å². The summed E-state index contributed by atoms with van der Waals surface area (Å²) < 4.78 is 5.74. The van der Waals surface area contributed by atoms with Gasteiger partial charge in [0.15, 0.2) is 0 Å². The van der Waals surface area contributed by atoms with Gasteiger partial charge in [0.1, 0.15) is 5.75 Å². The summed E-state index contributed by atoms with van der Waals surface area (Å²) in [6.45, 7) is 11.1. The molecule has 1 saturated heterocycles. The van der Waals surface area contributed by atoms with E-state index >= 15 is 0 Å². The molecule has 0 radical (unpaired) electrons. The number of benzene rings is 1. The number of hydrogen-bond donors (Lipinski definition) is 1. The van der Waals surface area contributed by atoms with E-state index in [1.165, 1.54) is 19.3 Å². The first-order valence-corrected chi connectivity index (χ1v) is 10.2. The van der Waals surface area contributed by atoms with E-state index in [0.29, 0.717) is 12.5 Å². The zero-order chi connectivity index (χ0) is 18.8. The quantitative estimate of drug-likeness (QED) is 0.719. The maximum atomic E-state index is 12.5. The first-order chi connectivity index (χ1) is 12.7. The zero-order valence-corrected chi connectivity index (χ0v) is 16.7. The fourth-order valence-corrected chi connectivity index (χ4v) is 3.43. The van der Waals surface area contributed by atoms with Crippen LogP contribution in [0.4, 0.5) is 10.5 Å². The zero-order valence-electron chi connectivity index (χ0n) is 16.7. The number of nitrogens with zero attached hydrogens (tertiary/aromatic N) is 2. The molecule has 0 aromatic heterocycles. The number of urea groups is 1. The van der Waals surface area contributed by atoms with Crippen molar-refractivity contribution in [3.05, 3.63) is 24.3 Å². The Morgan fingerprint density at radius 2 is 1.88 bits per heavy atom. The predicted molar refractivity (Wildman–Crippen MR) is 108 cm³/mol. The third-order valence-electron chi connectivity index (χ3n) is 5.16. The highest BCUT2D eigenvalue weighted by atomic mass is 16.5. The maximum Gasteiger partial charge on any atom is 0.317 e. The van der Waals surface area contributed by atoms with Gasteiger partial charge in [0.05, 0.1) is 12.3 Å². The molecular weight excluding hydrogens is 326 g/mol. The average Bonchev–Trinajstić information content (AvgIpc) is 2.69. The minimum absolute atomic E-state index is 0.0812. The molecule has 0 spiro atoms. The Morgan fingerprint density at radius 3 is 2.54 bits per heavy atom. The van der Waals surface area contributed by atoms with E-state index in [4.69, 9.17) is 4.74 Å². The molecule has 0 unspecified atom stereocenters. The van der Waals surface area contributed by atoms with Gasteiger partial charge in [-0.05, 0) is 31.4 Å². The van der Waals surface area contributed by atoms with Crippen LogP contribution in [0.1, 0.15) is 46.5 Å². The monoisotopic (exact) mass is 361 g/mol. The second-order valence-corrected chi connectivity index (χ2v) is 6.98. The molecule has 26 heavy (non-hydrogen) atoms. The van der Waals surface area contributed by atoms with Crippen LogP contribution < -0.4 is 15.0 Å². The van der Waals surface area contributed by atoms with Crippen molar-refractivity contribution in [2.75, 3.05) is 44.2 Å². The van der Waals surface area contributed by atoms with Gasteiger partial charge in [-0.1, -0.05) is 45.2 Å². The number of piperazine rings is 1. The molecule has 146 valence electrons. The number of amides is 2. The molecule has 5 heteroatoms. The van der Waals surface area contributed by atoms with E-state index < -0.39 is 0 Å². The lowest BCUT2D eigenvalue weighted by atomic mass is 9.99. The van der Waals surface area contributed by atoms with Crippen molar-refractivity contribution in [1.82, 2.24) is 10.2 Å². The summed E-state index contributed by atoms with van der Waals surface area (Å²) in [4.78, 5) is 16.7. The fraction of sp³-hybridized carbons (Fsp3) is 0.667. The molecule has 0 aliphatic carbocycles. The standard InChI is InChI=1S/C21H35N3O2/c1-4-7-10-18(5-2)17-22-21(25)24-15-13-23(14-16-24)19-11-8-9-12-20(19)26-6-3/h8-9,11-12,18H,4-7,10,13-17H2,1-3H3,(H,22,25)/t18-/m1/s1. The SMILES string of the molecule is CCCC[C@@H](CC)CNC(=O)N1CCN(c2ccccc2OCC)CC1. The van der Waals surface area contributed by atoms with Crippen LogP contribution in [0.3, 0.4) is 0 Å². The van der Waals surface area contributed by atoms with Crippen LogP contribution in [0.25, 0.3) is 0 Å². The third-order valence-corrected chi connectivity index (χ3v) is 5.16. The van der Waals surface area contributed by atoms with Crippen molar-refractivity contribution in [2.45, 2.75) is 46.5 Å². The molecule has 5 nitrogen and oxygen atoms in total. The molecule has 2 rings (SSSR count). The lowest BCUT2D eigenvalue weighted by Crippen LogP contribution is -2.52. The minimum atomic E-state index is 0.0812. The smallest absolute Gasteiger partial charge is 0.317 e. The summed E-state index contributed by atoms with van der Waals surface area (Å²) in [5, 5.41) is 3.14. The Kier molecular flexibility index (Phi) is 8.59. The highest BCUT2D eigenvalue weighted by molar-refractivity contribution is 5.74. The van der Waals surface area contributed by atoms with Crippen LogP contribution in [0.5, 0.6) is 5.75 Å². The molecule has 1 aromatic rings. The van der Waals surface area contributed by atoms with Crippen molar-refractivity contribution in [3.8, 4) is 5.75 Å². The first kappa shape index (κ1) is 20.4. The Morgan fingerprint density at radius 1 is 1.15 bits per heavy atom. The van der Waals surface area contributed by atoms with Gasteiger partial charge in [-0.25, -0.2) is 4.79 Å². The number of para-hydroxylation sites is 2. The second kappa shape index (κ2) is 10.9. The van der Waals surface area contributed by atoms with Crippen molar-refractivity contribution in [3.63, 3.8) is 0 Å². The number of carbonyl (C=O) groups excluding carboxylic acids is 1. The van der Waals surface area contributed by atoms with Gasteiger partial charge in [-0.3, -0.25) is 0 Å². The Labute approximate surface area is 158 Å². The molecular formula is C21H35N3O2.